The van der Waals surface area contributed by atoms with E-state index in [1.54, 1.807) is 46.6 Å². The van der Waals surface area contributed by atoms with Crippen LogP contribution in [0, 0.1) is 12.7 Å². The molecule has 4 aromatic rings. The van der Waals surface area contributed by atoms with Gasteiger partial charge in [-0.2, -0.15) is 4.31 Å². The van der Waals surface area contributed by atoms with Gasteiger partial charge in [0, 0.05) is 17.5 Å². The average Bonchev–Trinajstić information content (AvgIpc) is 3.64. The van der Waals surface area contributed by atoms with Crippen molar-refractivity contribution in [3.63, 3.8) is 0 Å². The number of hydrogen-bond acceptors (Lipinski definition) is 4. The Bertz CT molecular complexity index is 1490. The number of aryl methyl sites for hydroxylation is 1. The van der Waals surface area contributed by atoms with E-state index in [0.29, 0.717) is 6.54 Å². The summed E-state index contributed by atoms with van der Waals surface area (Å²) in [5.74, 6) is -0.615. The Morgan fingerprint density at radius 2 is 1.69 bits per heavy atom. The molecule has 1 amide bonds. The predicted octanol–water partition coefficient (Wildman–Crippen LogP) is 5.73. The predicted molar refractivity (Wildman–Crippen MR) is 141 cm³/mol. The molecule has 8 heteroatoms. The Balaban J connectivity index is 1.42. The SMILES string of the molecule is Cc1ccsc1CN(Cc1ccc(F)cc1)C(=O)CN(C1CC1)S(=O)(=O)c1ccc2ccccc2c1. The number of thiophene rings is 1. The lowest BCUT2D eigenvalue weighted by molar-refractivity contribution is -0.132. The van der Waals surface area contributed by atoms with E-state index in [1.165, 1.54) is 16.4 Å². The second kappa shape index (κ2) is 10.1. The maximum Gasteiger partial charge on any atom is 0.243 e. The Morgan fingerprint density at radius 1 is 0.972 bits per heavy atom. The van der Waals surface area contributed by atoms with Gasteiger partial charge in [-0.1, -0.05) is 42.5 Å². The van der Waals surface area contributed by atoms with E-state index < -0.39 is 10.0 Å². The summed E-state index contributed by atoms with van der Waals surface area (Å²) in [6.45, 7) is 2.40. The van der Waals surface area contributed by atoms with E-state index in [9.17, 15) is 17.6 Å². The monoisotopic (exact) mass is 522 g/mol. The summed E-state index contributed by atoms with van der Waals surface area (Å²) >= 11 is 1.56. The Morgan fingerprint density at radius 3 is 2.36 bits per heavy atom. The molecule has 0 N–H and O–H groups in total. The van der Waals surface area contributed by atoms with Crippen molar-refractivity contribution in [3.8, 4) is 0 Å². The summed E-state index contributed by atoms with van der Waals surface area (Å²) in [5.41, 5.74) is 1.87. The maximum absolute atomic E-state index is 13.7. The van der Waals surface area contributed by atoms with Crippen molar-refractivity contribution in [3.05, 3.63) is 100.0 Å². The van der Waals surface area contributed by atoms with Gasteiger partial charge in [0.15, 0.2) is 0 Å². The van der Waals surface area contributed by atoms with Gasteiger partial charge >= 0.3 is 0 Å². The molecule has 3 aromatic carbocycles. The highest BCUT2D eigenvalue weighted by Crippen LogP contribution is 2.33. The fourth-order valence-corrected chi connectivity index (χ4v) is 6.84. The molecule has 1 aliphatic carbocycles. The van der Waals surface area contributed by atoms with Gasteiger partial charge in [0.1, 0.15) is 5.82 Å². The maximum atomic E-state index is 13.7. The van der Waals surface area contributed by atoms with E-state index in [4.69, 9.17) is 0 Å². The standard InChI is InChI=1S/C28H27FN2O3S2/c1-20-14-15-35-27(20)18-30(17-21-6-9-24(29)10-7-21)28(32)19-31(25-11-12-25)36(33,34)26-13-8-22-4-2-3-5-23(22)16-26/h2-10,13-16,25H,11-12,17-19H2,1H3. The van der Waals surface area contributed by atoms with Crippen molar-refractivity contribution in [1.82, 2.24) is 9.21 Å². The van der Waals surface area contributed by atoms with Crippen molar-refractivity contribution in [2.45, 2.75) is 43.8 Å². The lowest BCUT2D eigenvalue weighted by Crippen LogP contribution is -2.43. The minimum absolute atomic E-state index is 0.179. The quantitative estimate of drug-likeness (QED) is 0.282. The van der Waals surface area contributed by atoms with Gasteiger partial charge in [0.25, 0.3) is 0 Å². The first kappa shape index (κ1) is 24.6. The molecule has 0 aliphatic heterocycles. The van der Waals surface area contributed by atoms with Crippen LogP contribution in [0.15, 0.2) is 83.1 Å². The van der Waals surface area contributed by atoms with Crippen LogP contribution in [0.2, 0.25) is 0 Å². The number of halogens is 1. The summed E-state index contributed by atoms with van der Waals surface area (Å²) in [7, 11) is -3.87. The van der Waals surface area contributed by atoms with E-state index >= 15 is 0 Å². The van der Waals surface area contributed by atoms with Crippen LogP contribution in [0.1, 0.15) is 28.8 Å². The van der Waals surface area contributed by atoms with E-state index in [2.05, 4.69) is 0 Å². The first-order valence-corrected chi connectivity index (χ1v) is 14.2. The second-order valence-electron chi connectivity index (χ2n) is 9.19. The highest BCUT2D eigenvalue weighted by molar-refractivity contribution is 7.89. The Kier molecular flexibility index (Phi) is 6.92. The van der Waals surface area contributed by atoms with Gasteiger partial charge in [-0.05, 0) is 77.4 Å². The topological polar surface area (TPSA) is 57.7 Å². The zero-order valence-electron chi connectivity index (χ0n) is 19.9. The zero-order valence-corrected chi connectivity index (χ0v) is 21.6. The molecule has 0 atom stereocenters. The van der Waals surface area contributed by atoms with Gasteiger partial charge in [-0.3, -0.25) is 4.79 Å². The molecule has 0 unspecified atom stereocenters. The molecule has 1 saturated carbocycles. The first-order chi connectivity index (χ1) is 17.3. The molecular formula is C28H27FN2O3S2. The third-order valence-electron chi connectivity index (χ3n) is 6.51. The van der Waals surface area contributed by atoms with Crippen LogP contribution >= 0.6 is 11.3 Å². The number of sulfonamides is 1. The van der Waals surface area contributed by atoms with Crippen LogP contribution in [0.25, 0.3) is 10.8 Å². The van der Waals surface area contributed by atoms with Crippen LogP contribution in [-0.2, 0) is 27.9 Å². The third kappa shape index (κ3) is 5.36. The lowest BCUT2D eigenvalue weighted by Gasteiger charge is -2.27. The van der Waals surface area contributed by atoms with Crippen LogP contribution in [0.5, 0.6) is 0 Å². The van der Waals surface area contributed by atoms with E-state index in [0.717, 1.165) is 39.6 Å². The fourth-order valence-electron chi connectivity index (χ4n) is 4.25. The number of carbonyl (C=O) groups is 1. The lowest BCUT2D eigenvalue weighted by atomic mass is 10.1. The van der Waals surface area contributed by atoms with Gasteiger partial charge in [-0.15, -0.1) is 11.3 Å². The van der Waals surface area contributed by atoms with Gasteiger partial charge < -0.3 is 4.90 Å². The fraction of sp³-hybridized carbons (Fsp3) is 0.250. The molecule has 0 saturated heterocycles. The van der Waals surface area contributed by atoms with Crippen molar-refractivity contribution in [1.29, 1.82) is 0 Å². The summed E-state index contributed by atoms with van der Waals surface area (Å²) in [4.78, 5) is 16.5. The number of hydrogen-bond donors (Lipinski definition) is 0. The molecule has 0 spiro atoms. The number of fused-ring (bicyclic) bond motifs is 1. The van der Waals surface area contributed by atoms with Crippen LogP contribution < -0.4 is 0 Å². The molecule has 36 heavy (non-hydrogen) atoms. The minimum atomic E-state index is -3.87. The van der Waals surface area contributed by atoms with Crippen molar-refractivity contribution in [2.24, 2.45) is 0 Å². The molecule has 1 aromatic heterocycles. The van der Waals surface area contributed by atoms with Crippen LogP contribution in [0.3, 0.4) is 0 Å². The normalized spacial score (nSPS) is 13.9. The molecule has 0 radical (unpaired) electrons. The van der Waals surface area contributed by atoms with Crippen LogP contribution in [-0.4, -0.2) is 36.1 Å². The van der Waals surface area contributed by atoms with E-state index in [1.807, 2.05) is 42.6 Å². The van der Waals surface area contributed by atoms with Gasteiger partial charge in [0.05, 0.1) is 18.0 Å². The van der Waals surface area contributed by atoms with Crippen molar-refractivity contribution < 1.29 is 17.6 Å². The Labute approximate surface area is 214 Å². The second-order valence-corrected chi connectivity index (χ2v) is 12.1. The third-order valence-corrected chi connectivity index (χ3v) is 9.42. The van der Waals surface area contributed by atoms with Gasteiger partial charge in [0.2, 0.25) is 15.9 Å². The number of nitrogens with zero attached hydrogens (tertiary/aromatic N) is 2. The van der Waals surface area contributed by atoms with Crippen molar-refractivity contribution >= 4 is 38.0 Å². The summed E-state index contributed by atoms with van der Waals surface area (Å²) in [5, 5.41) is 3.78. The molecule has 5 rings (SSSR count). The average molecular weight is 523 g/mol. The Hall–Kier alpha value is -3.07. The van der Waals surface area contributed by atoms with Crippen molar-refractivity contribution in [2.75, 3.05) is 6.54 Å². The summed E-state index contributed by atoms with van der Waals surface area (Å²) < 4.78 is 42.2. The van der Waals surface area contributed by atoms with Crippen LogP contribution in [0.4, 0.5) is 4.39 Å². The first-order valence-electron chi connectivity index (χ1n) is 11.9. The summed E-state index contributed by atoms with van der Waals surface area (Å²) in [6, 6.07) is 20.6. The molecule has 1 fully saturated rings. The highest BCUT2D eigenvalue weighted by atomic mass is 32.2. The molecule has 186 valence electrons. The molecule has 1 heterocycles. The largest absolute Gasteiger partial charge is 0.332 e. The summed E-state index contributed by atoms with van der Waals surface area (Å²) in [6.07, 6.45) is 1.48. The molecule has 0 bridgehead atoms. The molecule has 5 nitrogen and oxygen atoms in total. The number of amides is 1. The number of benzene rings is 3. The zero-order chi connectivity index (χ0) is 25.3. The number of rotatable bonds is 9. The van der Waals surface area contributed by atoms with E-state index in [-0.39, 0.29) is 35.8 Å². The highest BCUT2D eigenvalue weighted by Gasteiger charge is 2.40. The molecular weight excluding hydrogens is 495 g/mol. The number of carbonyl (C=O) groups excluding carboxylic acids is 1. The van der Waals surface area contributed by atoms with Gasteiger partial charge in [-0.25, -0.2) is 12.8 Å². The minimum Gasteiger partial charge on any atom is -0.332 e. The smallest absolute Gasteiger partial charge is 0.243 e. The molecule has 1 aliphatic rings.